The van der Waals surface area contributed by atoms with Gasteiger partial charge in [0.2, 0.25) is 0 Å². The van der Waals surface area contributed by atoms with Crippen molar-refractivity contribution in [2.75, 3.05) is 0 Å². The molecule has 23 heavy (non-hydrogen) atoms. The second-order valence-corrected chi connectivity index (χ2v) is 8.61. The molecule has 1 fully saturated rings. The fraction of sp³-hybridized carbons (Fsp3) is 0.650. The van der Waals surface area contributed by atoms with Crippen LogP contribution in [0, 0.1) is 11.3 Å². The normalized spacial score (nSPS) is 33.2. The Morgan fingerprint density at radius 3 is 2.61 bits per heavy atom. The summed E-state index contributed by atoms with van der Waals surface area (Å²) in [6.07, 6.45) is 4.64. The summed E-state index contributed by atoms with van der Waals surface area (Å²) >= 11 is 6.73. The molecule has 1 aromatic carbocycles. The van der Waals surface area contributed by atoms with Crippen molar-refractivity contribution in [3.05, 3.63) is 33.8 Å². The van der Waals surface area contributed by atoms with Gasteiger partial charge >= 0.3 is 5.97 Å². The van der Waals surface area contributed by atoms with E-state index in [1.807, 2.05) is 6.92 Å². The van der Waals surface area contributed by atoms with Crippen LogP contribution in [0.5, 0.6) is 0 Å². The SMILES string of the molecule is CC(C)c1ccc2c(c1Cl)CCC1[C@](C)(C(=O)O)CCC[C@]21C. The molecular weight excluding hydrogens is 308 g/mol. The third-order valence-corrected chi connectivity index (χ3v) is 7.06. The highest BCUT2D eigenvalue weighted by molar-refractivity contribution is 6.32. The summed E-state index contributed by atoms with van der Waals surface area (Å²) in [5.41, 5.74) is 3.09. The molecular formula is C20H27ClO2. The highest BCUT2D eigenvalue weighted by Crippen LogP contribution is 2.58. The van der Waals surface area contributed by atoms with E-state index in [4.69, 9.17) is 11.6 Å². The summed E-state index contributed by atoms with van der Waals surface area (Å²) in [6.45, 7) is 8.56. The van der Waals surface area contributed by atoms with Crippen molar-refractivity contribution >= 4 is 17.6 Å². The molecule has 1 aromatic rings. The summed E-state index contributed by atoms with van der Waals surface area (Å²) in [4.78, 5) is 12.0. The monoisotopic (exact) mass is 334 g/mol. The van der Waals surface area contributed by atoms with E-state index < -0.39 is 11.4 Å². The molecule has 1 saturated carbocycles. The molecule has 1 N–H and O–H groups in total. The molecule has 0 aromatic heterocycles. The smallest absolute Gasteiger partial charge is 0.309 e. The molecule has 3 heteroatoms. The van der Waals surface area contributed by atoms with Gasteiger partial charge in [0.25, 0.3) is 0 Å². The van der Waals surface area contributed by atoms with Crippen LogP contribution in [0.1, 0.15) is 76.0 Å². The lowest BCUT2D eigenvalue weighted by atomic mass is 9.50. The van der Waals surface area contributed by atoms with Crippen molar-refractivity contribution in [3.8, 4) is 0 Å². The largest absolute Gasteiger partial charge is 0.481 e. The topological polar surface area (TPSA) is 37.3 Å². The third-order valence-electron chi connectivity index (χ3n) is 6.61. The number of hydrogen-bond donors (Lipinski definition) is 1. The third kappa shape index (κ3) is 2.33. The molecule has 2 aliphatic carbocycles. The quantitative estimate of drug-likeness (QED) is 0.768. The van der Waals surface area contributed by atoms with Crippen LogP contribution < -0.4 is 0 Å². The number of aliphatic carboxylic acids is 1. The molecule has 0 radical (unpaired) electrons. The number of carbonyl (C=O) groups is 1. The number of carboxylic acids is 1. The van der Waals surface area contributed by atoms with Crippen LogP contribution in [0.15, 0.2) is 12.1 Å². The van der Waals surface area contributed by atoms with Crippen LogP contribution in [-0.4, -0.2) is 11.1 Å². The number of halogens is 1. The second-order valence-electron chi connectivity index (χ2n) is 8.23. The summed E-state index contributed by atoms with van der Waals surface area (Å²) in [7, 11) is 0. The van der Waals surface area contributed by atoms with Gasteiger partial charge in [-0.15, -0.1) is 0 Å². The Hall–Kier alpha value is -1.02. The Bertz CT molecular complexity index is 651. The standard InChI is InChI=1S/C20H27ClO2/c1-12(2)13-6-8-15-14(17(13)21)7-9-16-19(15,3)10-5-11-20(16,4)18(22)23/h6,8,12,16H,5,7,9-11H2,1-4H3,(H,22,23)/t16?,19-,20-/m1/s1. The van der Waals surface area contributed by atoms with E-state index in [0.29, 0.717) is 5.92 Å². The van der Waals surface area contributed by atoms with Crippen molar-refractivity contribution < 1.29 is 9.90 Å². The molecule has 2 aliphatic rings. The molecule has 2 nitrogen and oxygen atoms in total. The molecule has 126 valence electrons. The maximum absolute atomic E-state index is 12.0. The Labute approximate surface area is 144 Å². The highest BCUT2D eigenvalue weighted by Gasteiger charge is 2.55. The van der Waals surface area contributed by atoms with Gasteiger partial charge in [0.05, 0.1) is 5.41 Å². The molecule has 1 unspecified atom stereocenters. The summed E-state index contributed by atoms with van der Waals surface area (Å²) in [5, 5.41) is 10.8. The van der Waals surface area contributed by atoms with Crippen LogP contribution in [0.2, 0.25) is 5.02 Å². The molecule has 0 saturated heterocycles. The zero-order chi connectivity index (χ0) is 17.0. The number of carboxylic acid groups (broad SMARTS) is 1. The van der Waals surface area contributed by atoms with Crippen molar-refractivity contribution in [2.24, 2.45) is 11.3 Å². The van der Waals surface area contributed by atoms with Crippen molar-refractivity contribution in [2.45, 2.75) is 71.1 Å². The number of fused-ring (bicyclic) bond motifs is 3. The fourth-order valence-corrected chi connectivity index (χ4v) is 5.72. The van der Waals surface area contributed by atoms with Crippen LogP contribution in [0.25, 0.3) is 0 Å². The summed E-state index contributed by atoms with van der Waals surface area (Å²) < 4.78 is 0. The predicted molar refractivity (Wildman–Crippen MR) is 94.3 cm³/mol. The molecule has 0 heterocycles. The van der Waals surface area contributed by atoms with Crippen molar-refractivity contribution in [1.82, 2.24) is 0 Å². The first-order valence-corrected chi connectivity index (χ1v) is 9.14. The lowest BCUT2D eigenvalue weighted by Gasteiger charge is -2.53. The van der Waals surface area contributed by atoms with E-state index in [9.17, 15) is 9.90 Å². The van der Waals surface area contributed by atoms with Crippen LogP contribution in [-0.2, 0) is 16.6 Å². The minimum absolute atomic E-state index is 0.0713. The lowest BCUT2D eigenvalue weighted by Crippen LogP contribution is -2.52. The molecule has 3 rings (SSSR count). The Morgan fingerprint density at radius 2 is 2.00 bits per heavy atom. The van der Waals surface area contributed by atoms with Gasteiger partial charge in [0.1, 0.15) is 0 Å². The van der Waals surface area contributed by atoms with E-state index in [1.54, 1.807) is 0 Å². The van der Waals surface area contributed by atoms with Gasteiger partial charge in [-0.25, -0.2) is 0 Å². The van der Waals surface area contributed by atoms with Crippen molar-refractivity contribution in [1.29, 1.82) is 0 Å². The van der Waals surface area contributed by atoms with Gasteiger partial charge in [-0.2, -0.15) is 0 Å². The van der Waals surface area contributed by atoms with E-state index in [-0.39, 0.29) is 11.3 Å². The zero-order valence-electron chi connectivity index (χ0n) is 14.6. The van der Waals surface area contributed by atoms with E-state index in [0.717, 1.165) is 37.1 Å². The summed E-state index contributed by atoms with van der Waals surface area (Å²) in [5.74, 6) is -0.0366. The first-order chi connectivity index (χ1) is 10.7. The first-order valence-electron chi connectivity index (χ1n) is 8.77. The molecule has 0 aliphatic heterocycles. The maximum atomic E-state index is 12.0. The van der Waals surface area contributed by atoms with Crippen LogP contribution in [0.3, 0.4) is 0 Å². The number of rotatable bonds is 2. The van der Waals surface area contributed by atoms with Crippen LogP contribution >= 0.6 is 11.6 Å². The summed E-state index contributed by atoms with van der Waals surface area (Å²) in [6, 6.07) is 4.39. The van der Waals surface area contributed by atoms with Gasteiger partial charge in [0.15, 0.2) is 0 Å². The minimum atomic E-state index is -0.637. The van der Waals surface area contributed by atoms with Gasteiger partial charge < -0.3 is 5.11 Å². The van der Waals surface area contributed by atoms with E-state index >= 15 is 0 Å². The highest BCUT2D eigenvalue weighted by atomic mass is 35.5. The molecule has 0 amide bonds. The second kappa shape index (κ2) is 5.51. The lowest BCUT2D eigenvalue weighted by molar-refractivity contribution is -0.157. The van der Waals surface area contributed by atoms with Gasteiger partial charge in [0, 0.05) is 5.02 Å². The van der Waals surface area contributed by atoms with Gasteiger partial charge in [-0.1, -0.05) is 50.9 Å². The minimum Gasteiger partial charge on any atom is -0.481 e. The fourth-order valence-electron chi connectivity index (χ4n) is 5.24. The molecule has 0 spiro atoms. The zero-order valence-corrected chi connectivity index (χ0v) is 15.3. The van der Waals surface area contributed by atoms with E-state index in [2.05, 4.69) is 32.9 Å². The molecule has 3 atom stereocenters. The Kier molecular flexibility index (Phi) is 4.03. The average molecular weight is 335 g/mol. The molecule has 0 bridgehead atoms. The van der Waals surface area contributed by atoms with Crippen molar-refractivity contribution in [3.63, 3.8) is 0 Å². The number of hydrogen-bond acceptors (Lipinski definition) is 1. The van der Waals surface area contributed by atoms with Crippen LogP contribution in [0.4, 0.5) is 0 Å². The average Bonchev–Trinajstić information content (AvgIpc) is 2.47. The Balaban J connectivity index is 2.14. The van der Waals surface area contributed by atoms with Gasteiger partial charge in [-0.3, -0.25) is 4.79 Å². The van der Waals surface area contributed by atoms with E-state index in [1.165, 1.54) is 16.7 Å². The van der Waals surface area contributed by atoms with Gasteiger partial charge in [-0.05, 0) is 66.5 Å². The maximum Gasteiger partial charge on any atom is 0.309 e. The Morgan fingerprint density at radius 1 is 1.30 bits per heavy atom. The predicted octanol–water partition coefficient (Wildman–Crippen LogP) is 5.56. The number of benzene rings is 1. The first kappa shape index (κ1) is 16.8.